The zero-order valence-electron chi connectivity index (χ0n) is 9.28. The number of rotatable bonds is 5. The first-order valence-corrected chi connectivity index (χ1v) is 5.37. The first kappa shape index (κ1) is 12.4. The highest BCUT2D eigenvalue weighted by molar-refractivity contribution is 5.73. The molecule has 1 atom stereocenters. The van der Waals surface area contributed by atoms with Crippen molar-refractivity contribution in [1.82, 2.24) is 5.32 Å². The Morgan fingerprint density at radius 1 is 1.47 bits per heavy atom. The monoisotopic (exact) mass is 217 g/mol. The summed E-state index contributed by atoms with van der Waals surface area (Å²) < 4.78 is 11.1. The van der Waals surface area contributed by atoms with E-state index in [0.717, 1.165) is 0 Å². The highest BCUT2D eigenvalue weighted by atomic mass is 16.7. The average Bonchev–Trinajstić information content (AvgIpc) is 2.19. The molecular weight excluding hydrogens is 198 g/mol. The summed E-state index contributed by atoms with van der Waals surface area (Å²) in [6, 6.07) is -0.473. The topological polar surface area (TPSA) is 67.8 Å². The molecule has 5 heteroatoms. The van der Waals surface area contributed by atoms with E-state index in [0.29, 0.717) is 32.6 Å². The number of piperidine rings is 1. The van der Waals surface area contributed by atoms with Crippen molar-refractivity contribution in [3.05, 3.63) is 0 Å². The predicted molar refractivity (Wildman–Crippen MR) is 54.6 cm³/mol. The Morgan fingerprint density at radius 3 is 2.40 bits per heavy atom. The summed E-state index contributed by atoms with van der Waals surface area (Å²) in [6.07, 6.45) is 1.16. The maximum absolute atomic E-state index is 10.7. The van der Waals surface area contributed by atoms with E-state index in [1.54, 1.807) is 0 Å². The maximum atomic E-state index is 10.7. The van der Waals surface area contributed by atoms with Gasteiger partial charge >= 0.3 is 5.97 Å². The Kier molecular flexibility index (Phi) is 4.50. The number of nitrogens with one attached hydrogen (secondary N) is 1. The lowest BCUT2D eigenvalue weighted by atomic mass is 9.99. The van der Waals surface area contributed by atoms with Crippen LogP contribution < -0.4 is 5.32 Å². The number of aliphatic carboxylic acids is 1. The van der Waals surface area contributed by atoms with Crippen LogP contribution in [-0.2, 0) is 14.3 Å². The van der Waals surface area contributed by atoms with E-state index < -0.39 is 17.8 Å². The third kappa shape index (κ3) is 3.15. The van der Waals surface area contributed by atoms with Crippen LogP contribution in [0.4, 0.5) is 0 Å². The van der Waals surface area contributed by atoms with Crippen molar-refractivity contribution in [3.63, 3.8) is 0 Å². The maximum Gasteiger partial charge on any atom is 0.320 e. The van der Waals surface area contributed by atoms with Gasteiger partial charge < -0.3 is 14.6 Å². The number of carbonyl (C=O) groups is 1. The fraction of sp³-hybridized carbons (Fsp3) is 0.900. The molecule has 15 heavy (non-hydrogen) atoms. The first-order valence-electron chi connectivity index (χ1n) is 5.37. The van der Waals surface area contributed by atoms with Crippen LogP contribution in [-0.4, -0.2) is 42.7 Å². The molecule has 0 bridgehead atoms. The molecule has 5 nitrogen and oxygen atoms in total. The number of ether oxygens (including phenoxy) is 2. The van der Waals surface area contributed by atoms with Gasteiger partial charge in [0.15, 0.2) is 5.79 Å². The SMILES string of the molecule is CCOC1(OCC)CCC(C(=O)O)NC1. The van der Waals surface area contributed by atoms with Gasteiger partial charge in [0.25, 0.3) is 0 Å². The second-order valence-corrected chi connectivity index (χ2v) is 3.59. The lowest BCUT2D eigenvalue weighted by Gasteiger charge is -2.38. The number of carboxylic acid groups (broad SMARTS) is 1. The van der Waals surface area contributed by atoms with Crippen LogP contribution in [0, 0.1) is 0 Å². The van der Waals surface area contributed by atoms with Crippen molar-refractivity contribution >= 4 is 5.97 Å². The van der Waals surface area contributed by atoms with Crippen molar-refractivity contribution in [2.45, 2.75) is 38.5 Å². The second kappa shape index (κ2) is 5.44. The quantitative estimate of drug-likeness (QED) is 0.660. The van der Waals surface area contributed by atoms with E-state index in [-0.39, 0.29) is 0 Å². The van der Waals surface area contributed by atoms with Crippen molar-refractivity contribution in [2.75, 3.05) is 19.8 Å². The number of carboxylic acids is 1. The van der Waals surface area contributed by atoms with Crippen LogP contribution in [0.2, 0.25) is 0 Å². The normalized spacial score (nSPS) is 25.1. The molecule has 1 unspecified atom stereocenters. The summed E-state index contributed by atoms with van der Waals surface area (Å²) in [6.45, 7) is 5.39. The van der Waals surface area contributed by atoms with E-state index in [4.69, 9.17) is 14.6 Å². The molecule has 1 aliphatic heterocycles. The molecule has 0 aromatic heterocycles. The van der Waals surface area contributed by atoms with Gasteiger partial charge in [0, 0.05) is 19.6 Å². The van der Waals surface area contributed by atoms with Crippen LogP contribution >= 0.6 is 0 Å². The molecule has 1 saturated heterocycles. The smallest absolute Gasteiger partial charge is 0.320 e. The molecule has 0 saturated carbocycles. The number of hydrogen-bond donors (Lipinski definition) is 2. The van der Waals surface area contributed by atoms with Crippen molar-refractivity contribution in [1.29, 1.82) is 0 Å². The largest absolute Gasteiger partial charge is 0.480 e. The van der Waals surface area contributed by atoms with Gasteiger partial charge in [0.2, 0.25) is 0 Å². The molecule has 0 aromatic rings. The fourth-order valence-electron chi connectivity index (χ4n) is 1.86. The summed E-state index contributed by atoms with van der Waals surface area (Å²) in [5, 5.41) is 11.8. The molecule has 1 aliphatic rings. The van der Waals surface area contributed by atoms with E-state index in [1.807, 2.05) is 13.8 Å². The van der Waals surface area contributed by atoms with Crippen LogP contribution in [0.1, 0.15) is 26.7 Å². The molecule has 0 aliphatic carbocycles. The molecule has 1 fully saturated rings. The molecule has 1 rings (SSSR count). The summed E-state index contributed by atoms with van der Waals surface area (Å²) >= 11 is 0. The van der Waals surface area contributed by atoms with Gasteiger partial charge in [-0.2, -0.15) is 0 Å². The molecular formula is C10H19NO4. The minimum atomic E-state index is -0.809. The first-order chi connectivity index (χ1) is 7.13. The summed E-state index contributed by atoms with van der Waals surface area (Å²) in [5.41, 5.74) is 0. The van der Waals surface area contributed by atoms with E-state index in [2.05, 4.69) is 5.32 Å². The molecule has 0 radical (unpaired) electrons. The van der Waals surface area contributed by atoms with Gasteiger partial charge in [-0.15, -0.1) is 0 Å². The minimum absolute atomic E-state index is 0.436. The third-order valence-corrected chi connectivity index (χ3v) is 2.54. The van der Waals surface area contributed by atoms with E-state index >= 15 is 0 Å². The van der Waals surface area contributed by atoms with Crippen molar-refractivity contribution in [3.8, 4) is 0 Å². The fourth-order valence-corrected chi connectivity index (χ4v) is 1.86. The Hall–Kier alpha value is -0.650. The molecule has 0 spiro atoms. The minimum Gasteiger partial charge on any atom is -0.480 e. The van der Waals surface area contributed by atoms with Gasteiger partial charge in [-0.05, 0) is 20.3 Å². The lowest BCUT2D eigenvalue weighted by molar-refractivity contribution is -0.242. The zero-order valence-corrected chi connectivity index (χ0v) is 9.28. The summed E-state index contributed by atoms with van der Waals surface area (Å²) in [7, 11) is 0. The van der Waals surface area contributed by atoms with Gasteiger partial charge in [0.1, 0.15) is 6.04 Å². The van der Waals surface area contributed by atoms with E-state index in [1.165, 1.54) is 0 Å². The van der Waals surface area contributed by atoms with Gasteiger partial charge in [-0.25, -0.2) is 0 Å². The second-order valence-electron chi connectivity index (χ2n) is 3.59. The average molecular weight is 217 g/mol. The van der Waals surface area contributed by atoms with Gasteiger partial charge in [-0.3, -0.25) is 10.1 Å². The van der Waals surface area contributed by atoms with Crippen LogP contribution in [0.5, 0.6) is 0 Å². The zero-order chi connectivity index (χ0) is 11.3. The summed E-state index contributed by atoms with van der Waals surface area (Å²) in [5.74, 6) is -1.44. The lowest BCUT2D eigenvalue weighted by Crippen LogP contribution is -2.55. The molecule has 1 heterocycles. The van der Waals surface area contributed by atoms with Gasteiger partial charge in [0.05, 0.1) is 6.54 Å². The third-order valence-electron chi connectivity index (χ3n) is 2.54. The standard InChI is InChI=1S/C10H19NO4/c1-3-14-10(15-4-2)6-5-8(9(12)13)11-7-10/h8,11H,3-7H2,1-2H3,(H,12,13). The van der Waals surface area contributed by atoms with Crippen LogP contribution in [0.3, 0.4) is 0 Å². The van der Waals surface area contributed by atoms with Crippen LogP contribution in [0.15, 0.2) is 0 Å². The molecule has 0 amide bonds. The van der Waals surface area contributed by atoms with Crippen LogP contribution in [0.25, 0.3) is 0 Å². The Morgan fingerprint density at radius 2 is 2.07 bits per heavy atom. The Bertz CT molecular complexity index is 203. The Balaban J connectivity index is 2.52. The highest BCUT2D eigenvalue weighted by Crippen LogP contribution is 2.24. The molecule has 2 N–H and O–H groups in total. The number of hydrogen-bond acceptors (Lipinski definition) is 4. The Labute approximate surface area is 89.8 Å². The van der Waals surface area contributed by atoms with Crippen molar-refractivity contribution in [2.24, 2.45) is 0 Å². The molecule has 88 valence electrons. The predicted octanol–water partition coefficient (Wildman–Crippen LogP) is 0.592. The van der Waals surface area contributed by atoms with E-state index in [9.17, 15) is 4.79 Å². The van der Waals surface area contributed by atoms with Gasteiger partial charge in [-0.1, -0.05) is 0 Å². The summed E-state index contributed by atoms with van der Waals surface area (Å²) in [4.78, 5) is 10.7. The van der Waals surface area contributed by atoms with Crippen molar-refractivity contribution < 1.29 is 19.4 Å². The highest BCUT2D eigenvalue weighted by Gasteiger charge is 2.38. The molecule has 0 aromatic carbocycles.